The van der Waals surface area contributed by atoms with Crippen LogP contribution >= 0.6 is 11.3 Å². The lowest BCUT2D eigenvalue weighted by atomic mass is 9.91. The Labute approximate surface area is 111 Å². The summed E-state index contributed by atoms with van der Waals surface area (Å²) < 4.78 is 0. The number of hydrogen-bond donors (Lipinski definition) is 1. The molecule has 18 heavy (non-hydrogen) atoms. The highest BCUT2D eigenvalue weighted by Gasteiger charge is 2.24. The molecule has 2 heterocycles. The van der Waals surface area contributed by atoms with Crippen molar-refractivity contribution >= 4 is 11.3 Å². The minimum absolute atomic E-state index is 0.584. The Kier molecular flexibility index (Phi) is 3.39. The number of thiazole rings is 1. The van der Waals surface area contributed by atoms with Crippen LogP contribution in [0, 0.1) is 0 Å². The Morgan fingerprint density at radius 2 is 2.44 bits per heavy atom. The summed E-state index contributed by atoms with van der Waals surface area (Å²) in [5, 5.41) is 4.40. The van der Waals surface area contributed by atoms with Gasteiger partial charge in [0.25, 0.3) is 0 Å². The first-order valence-corrected chi connectivity index (χ1v) is 7.24. The van der Waals surface area contributed by atoms with Gasteiger partial charge in [-0.05, 0) is 38.4 Å². The highest BCUT2D eigenvalue weighted by atomic mass is 32.1. The first-order valence-electron chi connectivity index (χ1n) is 6.43. The number of nitrogens with one attached hydrogen (secondary N) is 1. The van der Waals surface area contributed by atoms with Gasteiger partial charge in [-0.25, -0.2) is 4.98 Å². The molecule has 0 amide bonds. The quantitative estimate of drug-likeness (QED) is 0.921. The Hall–Kier alpha value is -1.26. The second-order valence-electron chi connectivity index (χ2n) is 4.72. The topological polar surface area (TPSA) is 37.8 Å². The zero-order chi connectivity index (χ0) is 12.4. The van der Waals surface area contributed by atoms with Crippen LogP contribution in [0.15, 0.2) is 24.5 Å². The minimum atomic E-state index is 0.584. The van der Waals surface area contributed by atoms with Gasteiger partial charge in [-0.2, -0.15) is 0 Å². The van der Waals surface area contributed by atoms with Gasteiger partial charge in [-0.3, -0.25) is 4.98 Å². The van der Waals surface area contributed by atoms with E-state index in [1.165, 1.54) is 29.8 Å². The molecule has 94 valence electrons. The number of fused-ring (bicyclic) bond motifs is 1. The summed E-state index contributed by atoms with van der Waals surface area (Å²) >= 11 is 1.84. The molecule has 1 aliphatic rings. The molecule has 0 fully saturated rings. The third kappa shape index (κ3) is 2.18. The molecule has 0 aromatic carbocycles. The van der Waals surface area contributed by atoms with Gasteiger partial charge in [0.15, 0.2) is 0 Å². The maximum atomic E-state index is 4.86. The fraction of sp³-hybridized carbons (Fsp3) is 0.429. The van der Waals surface area contributed by atoms with Crippen LogP contribution in [0.3, 0.4) is 0 Å². The zero-order valence-corrected chi connectivity index (χ0v) is 11.3. The summed E-state index contributed by atoms with van der Waals surface area (Å²) in [6.45, 7) is 1.03. The molecular formula is C14H17N3S. The van der Waals surface area contributed by atoms with Crippen molar-refractivity contribution in [3.63, 3.8) is 0 Å². The first kappa shape index (κ1) is 11.8. The third-order valence-corrected chi connectivity index (χ3v) is 4.61. The number of pyridine rings is 1. The maximum Gasteiger partial charge on any atom is 0.125 e. The molecule has 2 aromatic rings. The van der Waals surface area contributed by atoms with Crippen molar-refractivity contribution in [1.29, 1.82) is 0 Å². The Bertz CT molecular complexity index is 521. The molecule has 0 aliphatic heterocycles. The normalized spacial score (nSPS) is 18.6. The van der Waals surface area contributed by atoms with Crippen LogP contribution in [0.4, 0.5) is 0 Å². The lowest BCUT2D eigenvalue weighted by Gasteiger charge is -2.20. The van der Waals surface area contributed by atoms with Crippen LogP contribution < -0.4 is 5.32 Å². The second kappa shape index (κ2) is 5.16. The Morgan fingerprint density at radius 3 is 3.22 bits per heavy atom. The number of aromatic nitrogens is 2. The predicted octanol–water partition coefficient (Wildman–Crippen LogP) is 2.84. The van der Waals surface area contributed by atoms with E-state index in [4.69, 9.17) is 4.98 Å². The van der Waals surface area contributed by atoms with E-state index in [2.05, 4.69) is 16.4 Å². The lowest BCUT2D eigenvalue weighted by Crippen LogP contribution is -2.20. The maximum absolute atomic E-state index is 4.86. The fourth-order valence-electron chi connectivity index (χ4n) is 2.57. The molecular weight excluding hydrogens is 242 g/mol. The molecule has 0 saturated heterocycles. The van der Waals surface area contributed by atoms with Crippen LogP contribution in [0.25, 0.3) is 10.6 Å². The SMILES string of the molecule is CNCC1CCCc2sc(-c3cccnc3)nc21. The first-order chi connectivity index (χ1) is 8.88. The van der Waals surface area contributed by atoms with Gasteiger partial charge in [0.05, 0.1) is 5.69 Å². The van der Waals surface area contributed by atoms with E-state index in [1.807, 2.05) is 30.6 Å². The standard InChI is InChI=1S/C14H17N3S/c1-15-8-10-4-2-6-12-13(10)17-14(18-12)11-5-3-7-16-9-11/h3,5,7,9-10,15H,2,4,6,8H2,1H3. The summed E-state index contributed by atoms with van der Waals surface area (Å²) in [6, 6.07) is 4.06. The molecule has 4 heteroatoms. The molecule has 1 N–H and O–H groups in total. The number of aryl methyl sites for hydroxylation is 1. The van der Waals surface area contributed by atoms with Crippen molar-refractivity contribution in [2.24, 2.45) is 0 Å². The monoisotopic (exact) mass is 259 g/mol. The van der Waals surface area contributed by atoms with Gasteiger partial charge in [0, 0.05) is 35.3 Å². The number of nitrogens with zero attached hydrogens (tertiary/aromatic N) is 2. The van der Waals surface area contributed by atoms with Gasteiger partial charge < -0.3 is 5.32 Å². The average molecular weight is 259 g/mol. The van der Waals surface area contributed by atoms with Crippen LogP contribution in [-0.2, 0) is 6.42 Å². The van der Waals surface area contributed by atoms with Crippen LogP contribution in [0.1, 0.15) is 29.3 Å². The molecule has 3 nitrogen and oxygen atoms in total. The van der Waals surface area contributed by atoms with Crippen LogP contribution in [0.5, 0.6) is 0 Å². The molecule has 1 atom stereocenters. The van der Waals surface area contributed by atoms with E-state index in [9.17, 15) is 0 Å². The minimum Gasteiger partial charge on any atom is -0.319 e. The average Bonchev–Trinajstić information content (AvgIpc) is 2.85. The third-order valence-electron chi connectivity index (χ3n) is 3.43. The van der Waals surface area contributed by atoms with Crippen molar-refractivity contribution in [2.75, 3.05) is 13.6 Å². The molecule has 2 aromatic heterocycles. The summed E-state index contributed by atoms with van der Waals surface area (Å²) in [5.41, 5.74) is 2.46. The largest absolute Gasteiger partial charge is 0.319 e. The van der Waals surface area contributed by atoms with E-state index in [0.717, 1.165) is 17.1 Å². The van der Waals surface area contributed by atoms with Crippen molar-refractivity contribution in [3.8, 4) is 10.6 Å². The van der Waals surface area contributed by atoms with Crippen molar-refractivity contribution < 1.29 is 0 Å². The molecule has 0 radical (unpaired) electrons. The lowest BCUT2D eigenvalue weighted by molar-refractivity contribution is 0.523. The number of likely N-dealkylation sites (N-methyl/N-ethyl adjacent to an activating group) is 1. The van der Waals surface area contributed by atoms with Crippen molar-refractivity contribution in [2.45, 2.75) is 25.2 Å². The highest BCUT2D eigenvalue weighted by molar-refractivity contribution is 7.15. The predicted molar refractivity (Wildman–Crippen MR) is 75.0 cm³/mol. The van der Waals surface area contributed by atoms with Gasteiger partial charge in [-0.1, -0.05) is 0 Å². The van der Waals surface area contributed by atoms with Crippen LogP contribution in [0.2, 0.25) is 0 Å². The second-order valence-corrected chi connectivity index (χ2v) is 5.80. The molecule has 3 rings (SSSR count). The van der Waals surface area contributed by atoms with Gasteiger partial charge in [0.1, 0.15) is 5.01 Å². The van der Waals surface area contributed by atoms with E-state index in [-0.39, 0.29) is 0 Å². The van der Waals surface area contributed by atoms with Gasteiger partial charge in [-0.15, -0.1) is 11.3 Å². The van der Waals surface area contributed by atoms with Gasteiger partial charge >= 0.3 is 0 Å². The molecule has 0 saturated carbocycles. The van der Waals surface area contributed by atoms with E-state index in [1.54, 1.807) is 6.20 Å². The highest BCUT2D eigenvalue weighted by Crippen LogP contribution is 2.37. The van der Waals surface area contributed by atoms with Crippen LogP contribution in [-0.4, -0.2) is 23.6 Å². The molecule has 0 spiro atoms. The van der Waals surface area contributed by atoms with E-state index >= 15 is 0 Å². The van der Waals surface area contributed by atoms with Crippen molar-refractivity contribution in [1.82, 2.24) is 15.3 Å². The summed E-state index contributed by atoms with van der Waals surface area (Å²) in [4.78, 5) is 10.5. The number of rotatable bonds is 3. The summed E-state index contributed by atoms with van der Waals surface area (Å²) in [5.74, 6) is 0.584. The molecule has 1 unspecified atom stereocenters. The fourth-order valence-corrected chi connectivity index (χ4v) is 3.74. The van der Waals surface area contributed by atoms with E-state index in [0.29, 0.717) is 5.92 Å². The van der Waals surface area contributed by atoms with E-state index < -0.39 is 0 Å². The summed E-state index contributed by atoms with van der Waals surface area (Å²) in [7, 11) is 2.02. The zero-order valence-electron chi connectivity index (χ0n) is 10.5. The smallest absolute Gasteiger partial charge is 0.125 e. The summed E-state index contributed by atoms with van der Waals surface area (Å²) in [6.07, 6.45) is 7.43. The Morgan fingerprint density at radius 1 is 1.50 bits per heavy atom. The van der Waals surface area contributed by atoms with Crippen molar-refractivity contribution in [3.05, 3.63) is 35.1 Å². The number of hydrogen-bond acceptors (Lipinski definition) is 4. The molecule has 1 aliphatic carbocycles. The Balaban J connectivity index is 1.96. The van der Waals surface area contributed by atoms with Gasteiger partial charge in [0.2, 0.25) is 0 Å². The molecule has 0 bridgehead atoms.